The van der Waals surface area contributed by atoms with Crippen molar-refractivity contribution in [3.8, 4) is 0 Å². The third-order valence-corrected chi connectivity index (χ3v) is 6.35. The van der Waals surface area contributed by atoms with Crippen molar-refractivity contribution in [3.63, 3.8) is 0 Å². The van der Waals surface area contributed by atoms with Crippen molar-refractivity contribution in [2.45, 2.75) is 69.9 Å². The van der Waals surface area contributed by atoms with Crippen LogP contribution in [0.2, 0.25) is 5.02 Å². The molecule has 5 rings (SSSR count). The molecule has 132 valence electrons. The minimum absolute atomic E-state index is 0.626. The number of anilines is 1. The number of rotatable bonds is 3. The Hall–Kier alpha value is -1.22. The second-order valence-corrected chi connectivity index (χ2v) is 8.04. The van der Waals surface area contributed by atoms with Crippen LogP contribution in [0.5, 0.6) is 0 Å². The number of halogens is 1. The summed E-state index contributed by atoms with van der Waals surface area (Å²) in [6, 6.07) is 7.49. The monoisotopic (exact) mass is 348 g/mol. The fraction of sp³-hybridized carbons (Fsp3) is 0.650. The minimum atomic E-state index is 0.626. The molecule has 1 N–H and O–H groups in total. The van der Waals surface area contributed by atoms with E-state index in [0.717, 1.165) is 23.0 Å². The zero-order chi connectivity index (χ0) is 17.1. The molecule has 24 heavy (non-hydrogen) atoms. The normalized spacial score (nSPS) is 30.9. The number of hydrogen-bond donors (Lipinski definition) is 1. The Labute approximate surface area is 150 Å². The third kappa shape index (κ3) is 3.72. The minimum Gasteiger partial charge on any atom is -0.388 e. The van der Waals surface area contributed by atoms with Gasteiger partial charge >= 0.3 is 0 Å². The Morgan fingerprint density at radius 2 is 1.92 bits per heavy atom. The first-order valence-electron chi connectivity index (χ1n) is 9.32. The second kappa shape index (κ2) is 7.77. The van der Waals surface area contributed by atoms with Gasteiger partial charge in [-0.1, -0.05) is 24.9 Å². The van der Waals surface area contributed by atoms with Crippen molar-refractivity contribution in [1.29, 1.82) is 0 Å². The molecule has 2 aliphatic heterocycles. The number of amides is 1. The number of carbonyl (C=O) groups excluding carboxylic acids is 1. The van der Waals surface area contributed by atoms with Crippen molar-refractivity contribution in [3.05, 3.63) is 28.8 Å². The van der Waals surface area contributed by atoms with E-state index in [-0.39, 0.29) is 0 Å². The Kier molecular flexibility index (Phi) is 5.70. The molecule has 4 atom stereocenters. The number of hydrogen-bond acceptors (Lipinski definition) is 2. The highest BCUT2D eigenvalue weighted by molar-refractivity contribution is 6.31. The first-order valence-corrected chi connectivity index (χ1v) is 9.70. The average molecular weight is 349 g/mol. The van der Waals surface area contributed by atoms with Gasteiger partial charge in [0.2, 0.25) is 6.41 Å². The van der Waals surface area contributed by atoms with Crippen molar-refractivity contribution in [2.24, 2.45) is 5.92 Å². The van der Waals surface area contributed by atoms with Gasteiger partial charge in [-0.2, -0.15) is 0 Å². The van der Waals surface area contributed by atoms with E-state index >= 15 is 0 Å². The summed E-state index contributed by atoms with van der Waals surface area (Å²) in [7, 11) is 1.95. The van der Waals surface area contributed by atoms with Crippen LogP contribution in [0.15, 0.2) is 18.2 Å². The Morgan fingerprint density at radius 1 is 1.17 bits per heavy atom. The molecule has 4 fully saturated rings. The fourth-order valence-corrected chi connectivity index (χ4v) is 4.79. The van der Waals surface area contributed by atoms with Gasteiger partial charge < -0.3 is 10.2 Å². The highest BCUT2D eigenvalue weighted by Gasteiger charge is 2.39. The summed E-state index contributed by atoms with van der Waals surface area (Å²) in [5, 5.41) is 4.09. The largest absolute Gasteiger partial charge is 0.388 e. The van der Waals surface area contributed by atoms with Crippen LogP contribution in [-0.4, -0.2) is 30.4 Å². The van der Waals surface area contributed by atoms with Gasteiger partial charge in [-0.05, 0) is 74.1 Å². The molecule has 2 unspecified atom stereocenters. The molecule has 0 radical (unpaired) electrons. The van der Waals surface area contributed by atoms with Gasteiger partial charge in [-0.3, -0.25) is 4.79 Å². The number of piperidine rings is 1. The maximum atomic E-state index is 10.3. The molecule has 2 heterocycles. The molecule has 2 saturated heterocycles. The SMILES string of the molecule is CNc1ccc(Cl)c([C@@H]2CCC(C)C2)c1.O=CN1C2CCC[C@@H]1C2. The summed E-state index contributed by atoms with van der Waals surface area (Å²) in [5.41, 5.74) is 2.49. The number of carbonyl (C=O) groups is 1. The number of nitrogens with zero attached hydrogens (tertiary/aromatic N) is 1. The standard InChI is InChI=1S/C13H18ClN.C7H11NO/c1-9-3-4-10(7-9)12-8-11(15-2)5-6-13(12)14;9-5-8-6-2-1-3-7(8)4-6/h5-6,8-10,15H,3-4,7H2,1-2H3;5-7H,1-4H2/t9?,10-;6-,7?/m11/s1. The molecule has 2 aliphatic carbocycles. The summed E-state index contributed by atoms with van der Waals surface area (Å²) in [6.45, 7) is 2.33. The van der Waals surface area contributed by atoms with Gasteiger partial charge in [0.15, 0.2) is 0 Å². The maximum absolute atomic E-state index is 10.3. The lowest BCUT2D eigenvalue weighted by Crippen LogP contribution is -2.57. The van der Waals surface area contributed by atoms with Crippen LogP contribution in [-0.2, 0) is 4.79 Å². The van der Waals surface area contributed by atoms with Gasteiger partial charge in [0.1, 0.15) is 0 Å². The Bertz CT molecular complexity index is 563. The summed E-state index contributed by atoms with van der Waals surface area (Å²) < 4.78 is 0. The predicted molar refractivity (Wildman–Crippen MR) is 101 cm³/mol. The lowest BCUT2D eigenvalue weighted by Gasteiger charge is -2.50. The van der Waals surface area contributed by atoms with Crippen LogP contribution in [0, 0.1) is 5.92 Å². The van der Waals surface area contributed by atoms with Crippen LogP contribution in [0.4, 0.5) is 5.69 Å². The number of fused-ring (bicyclic) bond motifs is 2. The van der Waals surface area contributed by atoms with Crippen LogP contribution >= 0.6 is 11.6 Å². The molecule has 2 bridgehead atoms. The van der Waals surface area contributed by atoms with E-state index in [2.05, 4.69) is 18.3 Å². The second-order valence-electron chi connectivity index (χ2n) is 7.63. The van der Waals surface area contributed by atoms with E-state index in [4.69, 9.17) is 11.6 Å². The van der Waals surface area contributed by atoms with Crippen LogP contribution in [0.25, 0.3) is 0 Å². The first-order chi connectivity index (χ1) is 11.6. The topological polar surface area (TPSA) is 32.3 Å². The highest BCUT2D eigenvalue weighted by atomic mass is 35.5. The van der Waals surface area contributed by atoms with E-state index in [9.17, 15) is 4.79 Å². The maximum Gasteiger partial charge on any atom is 0.210 e. The fourth-order valence-electron chi connectivity index (χ4n) is 4.51. The van der Waals surface area contributed by atoms with E-state index < -0.39 is 0 Å². The highest BCUT2D eigenvalue weighted by Crippen LogP contribution is 2.41. The van der Waals surface area contributed by atoms with Gasteiger partial charge in [-0.25, -0.2) is 0 Å². The summed E-state index contributed by atoms with van der Waals surface area (Å²) >= 11 is 6.25. The summed E-state index contributed by atoms with van der Waals surface area (Å²) in [5.74, 6) is 1.52. The van der Waals surface area contributed by atoms with Gasteiger partial charge in [0.05, 0.1) is 0 Å². The van der Waals surface area contributed by atoms with Crippen molar-refractivity contribution >= 4 is 23.7 Å². The predicted octanol–water partition coefficient (Wildman–Crippen LogP) is 5.05. The van der Waals surface area contributed by atoms with Crippen LogP contribution in [0.3, 0.4) is 0 Å². The molecule has 0 spiro atoms. The van der Waals surface area contributed by atoms with Gasteiger partial charge in [0.25, 0.3) is 0 Å². The molecular formula is C20H29ClN2O. The van der Waals surface area contributed by atoms with Gasteiger partial charge in [0, 0.05) is 29.8 Å². The zero-order valence-corrected chi connectivity index (χ0v) is 15.6. The summed E-state index contributed by atoms with van der Waals surface area (Å²) in [4.78, 5) is 12.3. The Balaban J connectivity index is 0.000000159. The van der Waals surface area contributed by atoms with Gasteiger partial charge in [-0.15, -0.1) is 0 Å². The lowest BCUT2D eigenvalue weighted by atomic mass is 9.80. The first kappa shape index (κ1) is 17.6. The molecule has 1 amide bonds. The molecule has 4 heteroatoms. The third-order valence-electron chi connectivity index (χ3n) is 6.00. The molecule has 3 nitrogen and oxygen atoms in total. The molecule has 0 aromatic heterocycles. The van der Waals surface area contributed by atoms with Crippen LogP contribution in [0.1, 0.15) is 63.4 Å². The lowest BCUT2D eigenvalue weighted by molar-refractivity contribution is -0.134. The van der Waals surface area contributed by atoms with E-state index in [1.54, 1.807) is 0 Å². The molecule has 1 aromatic carbocycles. The van der Waals surface area contributed by atoms with Crippen LogP contribution < -0.4 is 5.32 Å². The molecule has 1 aromatic rings. The van der Waals surface area contributed by atoms with Crippen molar-refractivity contribution in [2.75, 3.05) is 12.4 Å². The summed E-state index contributed by atoms with van der Waals surface area (Å²) in [6.07, 6.45) is 10.0. The van der Waals surface area contributed by atoms with E-state index in [0.29, 0.717) is 18.0 Å². The molecule has 4 aliphatic rings. The molecular weight excluding hydrogens is 320 g/mol. The Morgan fingerprint density at radius 3 is 2.42 bits per heavy atom. The van der Waals surface area contributed by atoms with E-state index in [1.807, 2.05) is 24.1 Å². The van der Waals surface area contributed by atoms with E-state index in [1.165, 1.54) is 50.5 Å². The zero-order valence-electron chi connectivity index (χ0n) is 14.8. The smallest absolute Gasteiger partial charge is 0.210 e. The van der Waals surface area contributed by atoms with Crippen molar-refractivity contribution < 1.29 is 4.79 Å². The number of benzene rings is 1. The number of nitrogens with one attached hydrogen (secondary N) is 1. The quantitative estimate of drug-likeness (QED) is 0.775. The average Bonchev–Trinajstić information content (AvgIpc) is 3.03. The van der Waals surface area contributed by atoms with Crippen molar-refractivity contribution in [1.82, 2.24) is 4.90 Å². The molecule has 2 saturated carbocycles.